The minimum Gasteiger partial charge on any atom is -0.360 e. The van der Waals surface area contributed by atoms with E-state index < -0.39 is 5.79 Å². The molecule has 46 valence electrons. The minimum atomic E-state index is -1.44. The quantitative estimate of drug-likeness (QED) is 0.478. The second-order valence-electron chi connectivity index (χ2n) is 1.91. The highest BCUT2D eigenvalue weighted by atomic mass is 16.6. The number of ether oxygens (including phenoxy) is 1. The summed E-state index contributed by atoms with van der Waals surface area (Å²) in [5.74, 6) is -1.44. The number of carbonyl (C=O) groups excluding carboxylic acids is 1. The molecule has 3 heteroatoms. The van der Waals surface area contributed by atoms with Crippen molar-refractivity contribution in [2.45, 2.75) is 18.6 Å². The van der Waals surface area contributed by atoms with E-state index in [9.17, 15) is 4.79 Å². The molecule has 8 heavy (non-hydrogen) atoms. The summed E-state index contributed by atoms with van der Waals surface area (Å²) in [5.41, 5.74) is 0. The Labute approximate surface area is 47.3 Å². The minimum absolute atomic E-state index is 0.441. The van der Waals surface area contributed by atoms with Crippen LogP contribution in [0.15, 0.2) is 0 Å². The van der Waals surface area contributed by atoms with Crippen molar-refractivity contribution in [3.8, 4) is 0 Å². The Morgan fingerprint density at radius 1 is 1.75 bits per heavy atom. The first kappa shape index (κ1) is 5.72. The number of aliphatic hydroxyl groups is 1. The van der Waals surface area contributed by atoms with E-state index in [1.807, 2.05) is 0 Å². The van der Waals surface area contributed by atoms with E-state index >= 15 is 0 Å². The van der Waals surface area contributed by atoms with Gasteiger partial charge in [0.25, 0.3) is 0 Å². The van der Waals surface area contributed by atoms with Crippen LogP contribution in [0.2, 0.25) is 0 Å². The molecule has 1 aliphatic heterocycles. The molecule has 1 N–H and O–H groups in total. The van der Waals surface area contributed by atoms with Crippen molar-refractivity contribution in [1.29, 1.82) is 0 Å². The Kier molecular flexibility index (Phi) is 1.31. The topological polar surface area (TPSA) is 46.5 Å². The van der Waals surface area contributed by atoms with Crippen LogP contribution in [0.4, 0.5) is 0 Å². The summed E-state index contributed by atoms with van der Waals surface area (Å²) >= 11 is 0. The maximum atomic E-state index is 9.95. The van der Waals surface area contributed by atoms with Gasteiger partial charge in [0.1, 0.15) is 0 Å². The van der Waals surface area contributed by atoms with E-state index in [1.165, 1.54) is 0 Å². The predicted octanol–water partition coefficient (Wildman–Crippen LogP) is -0.316. The normalized spacial score (nSPS) is 37.6. The van der Waals surface area contributed by atoms with Gasteiger partial charge in [-0.15, -0.1) is 0 Å². The number of rotatable bonds is 1. The van der Waals surface area contributed by atoms with Gasteiger partial charge in [-0.1, -0.05) is 0 Å². The van der Waals surface area contributed by atoms with E-state index in [2.05, 4.69) is 4.74 Å². The third-order valence-electron chi connectivity index (χ3n) is 1.22. The van der Waals surface area contributed by atoms with Crippen molar-refractivity contribution >= 4 is 6.29 Å². The maximum Gasteiger partial charge on any atom is 0.223 e. The van der Waals surface area contributed by atoms with Gasteiger partial charge in [0.15, 0.2) is 6.29 Å². The van der Waals surface area contributed by atoms with Crippen molar-refractivity contribution in [3.05, 3.63) is 0 Å². The van der Waals surface area contributed by atoms with Crippen LogP contribution in [0.5, 0.6) is 0 Å². The third-order valence-corrected chi connectivity index (χ3v) is 1.22. The molecule has 0 aliphatic carbocycles. The molecule has 0 amide bonds. The molecule has 1 heterocycles. The fourth-order valence-electron chi connectivity index (χ4n) is 0.739. The van der Waals surface area contributed by atoms with Crippen LogP contribution in [-0.4, -0.2) is 23.8 Å². The summed E-state index contributed by atoms with van der Waals surface area (Å²) < 4.78 is 4.68. The Balaban J connectivity index is 2.52. The second kappa shape index (κ2) is 1.84. The number of hydrogen-bond donors (Lipinski definition) is 1. The van der Waals surface area contributed by atoms with Gasteiger partial charge >= 0.3 is 0 Å². The molecule has 0 saturated carbocycles. The van der Waals surface area contributed by atoms with E-state index in [4.69, 9.17) is 5.11 Å². The zero-order chi connectivity index (χ0) is 6.04. The first-order valence-electron chi connectivity index (χ1n) is 2.59. The molecule has 1 aliphatic rings. The van der Waals surface area contributed by atoms with Crippen LogP contribution in [0.1, 0.15) is 12.8 Å². The number of hydrogen-bond acceptors (Lipinski definition) is 3. The summed E-state index contributed by atoms with van der Waals surface area (Å²) in [6.45, 7) is 0.495. The average molecular weight is 116 g/mol. The van der Waals surface area contributed by atoms with Crippen molar-refractivity contribution in [1.82, 2.24) is 0 Å². The predicted molar refractivity (Wildman–Crippen MR) is 26.2 cm³/mol. The fourth-order valence-corrected chi connectivity index (χ4v) is 0.739. The largest absolute Gasteiger partial charge is 0.360 e. The molecular weight excluding hydrogens is 108 g/mol. The lowest BCUT2D eigenvalue weighted by Crippen LogP contribution is -2.28. The van der Waals surface area contributed by atoms with E-state index in [0.717, 1.165) is 6.42 Å². The van der Waals surface area contributed by atoms with Crippen LogP contribution >= 0.6 is 0 Å². The molecule has 0 aromatic rings. The first-order chi connectivity index (χ1) is 3.77. The molecule has 1 atom stereocenters. The molecule has 0 aromatic heterocycles. The van der Waals surface area contributed by atoms with Crippen LogP contribution in [0, 0.1) is 0 Å². The van der Waals surface area contributed by atoms with Crippen LogP contribution in [-0.2, 0) is 9.53 Å². The number of aldehydes is 1. The summed E-state index contributed by atoms with van der Waals surface area (Å²) in [4.78, 5) is 9.95. The van der Waals surface area contributed by atoms with Crippen molar-refractivity contribution in [2.24, 2.45) is 0 Å². The van der Waals surface area contributed by atoms with Gasteiger partial charge in [-0.25, -0.2) is 0 Å². The van der Waals surface area contributed by atoms with Crippen molar-refractivity contribution < 1.29 is 14.6 Å². The monoisotopic (exact) mass is 116 g/mol. The Morgan fingerprint density at radius 2 is 2.50 bits per heavy atom. The molecule has 0 bridgehead atoms. The zero-order valence-electron chi connectivity index (χ0n) is 4.46. The van der Waals surface area contributed by atoms with Gasteiger partial charge in [-0.2, -0.15) is 0 Å². The van der Waals surface area contributed by atoms with Gasteiger partial charge in [0.05, 0.1) is 6.61 Å². The highest BCUT2D eigenvalue weighted by Crippen LogP contribution is 2.19. The van der Waals surface area contributed by atoms with Gasteiger partial charge in [-0.05, 0) is 6.42 Å². The summed E-state index contributed by atoms with van der Waals surface area (Å²) in [5, 5.41) is 8.91. The summed E-state index contributed by atoms with van der Waals surface area (Å²) in [6.07, 6.45) is 1.66. The fraction of sp³-hybridized carbons (Fsp3) is 0.800. The lowest BCUT2D eigenvalue weighted by atomic mass is 10.2. The van der Waals surface area contributed by atoms with Crippen LogP contribution in [0.3, 0.4) is 0 Å². The standard InChI is InChI=1S/C5H8O3/c6-4-5(7)2-1-3-8-5/h4,7H,1-3H2. The molecule has 0 spiro atoms. The third kappa shape index (κ3) is 0.877. The molecule has 1 saturated heterocycles. The van der Waals surface area contributed by atoms with Crippen molar-refractivity contribution in [2.75, 3.05) is 6.61 Å². The Bertz CT molecular complexity index is 93.8. The highest BCUT2D eigenvalue weighted by Gasteiger charge is 2.31. The molecule has 1 unspecified atom stereocenters. The highest BCUT2D eigenvalue weighted by molar-refractivity contribution is 5.59. The van der Waals surface area contributed by atoms with Gasteiger partial charge in [0, 0.05) is 6.42 Å². The smallest absolute Gasteiger partial charge is 0.223 e. The Morgan fingerprint density at radius 3 is 2.75 bits per heavy atom. The zero-order valence-corrected chi connectivity index (χ0v) is 4.46. The van der Waals surface area contributed by atoms with E-state index in [1.54, 1.807) is 0 Å². The molecule has 1 rings (SSSR count). The molecular formula is C5H8O3. The number of carbonyl (C=O) groups is 1. The summed E-state index contributed by atoms with van der Waals surface area (Å²) in [6, 6.07) is 0. The lowest BCUT2D eigenvalue weighted by Gasteiger charge is -2.10. The second-order valence-corrected chi connectivity index (χ2v) is 1.91. The van der Waals surface area contributed by atoms with E-state index in [0.29, 0.717) is 19.3 Å². The summed E-state index contributed by atoms with van der Waals surface area (Å²) in [7, 11) is 0. The SMILES string of the molecule is O=CC1(O)CCCO1. The van der Waals surface area contributed by atoms with Gasteiger partial charge in [-0.3, -0.25) is 4.79 Å². The molecule has 0 radical (unpaired) electrons. The van der Waals surface area contributed by atoms with Gasteiger partial charge in [0.2, 0.25) is 5.79 Å². The van der Waals surface area contributed by atoms with Crippen LogP contribution < -0.4 is 0 Å². The Hall–Kier alpha value is -0.410. The first-order valence-corrected chi connectivity index (χ1v) is 2.59. The average Bonchev–Trinajstić information content (AvgIpc) is 2.17. The lowest BCUT2D eigenvalue weighted by molar-refractivity contribution is -0.173. The van der Waals surface area contributed by atoms with Crippen molar-refractivity contribution in [3.63, 3.8) is 0 Å². The van der Waals surface area contributed by atoms with Gasteiger partial charge < -0.3 is 9.84 Å². The van der Waals surface area contributed by atoms with Crippen LogP contribution in [0.25, 0.3) is 0 Å². The van der Waals surface area contributed by atoms with E-state index in [-0.39, 0.29) is 0 Å². The maximum absolute atomic E-state index is 9.95. The molecule has 0 aromatic carbocycles. The molecule has 3 nitrogen and oxygen atoms in total. The molecule has 1 fully saturated rings.